The standard InChI is InChI=1S/C22H30N6O3/c1-14-10-15(2)12-18(11-14)27-6-8-28(9-7-27)22(26-30)24-20-13-19(17(4)25-29)16(3)23-21(20)31-5/h10-13,29-30H,6-9H2,1-5H3,(H,24,26). The number of aliphatic imine (C=N–C) groups is 1. The molecule has 166 valence electrons. The van der Waals surface area contributed by atoms with Crippen molar-refractivity contribution >= 4 is 23.0 Å². The summed E-state index contributed by atoms with van der Waals surface area (Å²) in [6.07, 6.45) is 0. The van der Waals surface area contributed by atoms with Crippen LogP contribution in [-0.4, -0.2) is 65.3 Å². The molecular formula is C22H30N6O3. The molecule has 0 aliphatic carbocycles. The Hall–Kier alpha value is -3.33. The number of pyridine rings is 1. The van der Waals surface area contributed by atoms with Gasteiger partial charge < -0.3 is 19.7 Å². The van der Waals surface area contributed by atoms with Crippen LogP contribution in [0.15, 0.2) is 34.4 Å². The van der Waals surface area contributed by atoms with Crippen LogP contribution in [0.4, 0.5) is 11.4 Å². The fraction of sp³-hybridized carbons (Fsp3) is 0.409. The van der Waals surface area contributed by atoms with E-state index in [1.807, 2.05) is 4.90 Å². The van der Waals surface area contributed by atoms with Crippen molar-refractivity contribution in [1.29, 1.82) is 0 Å². The summed E-state index contributed by atoms with van der Waals surface area (Å²) in [5.41, 5.74) is 8.07. The van der Waals surface area contributed by atoms with Crippen molar-refractivity contribution in [3.63, 3.8) is 0 Å². The first kappa shape index (κ1) is 22.4. The molecule has 2 heterocycles. The highest BCUT2D eigenvalue weighted by Gasteiger charge is 2.21. The molecular weight excluding hydrogens is 396 g/mol. The summed E-state index contributed by atoms with van der Waals surface area (Å²) in [6, 6.07) is 8.29. The third kappa shape index (κ3) is 5.05. The summed E-state index contributed by atoms with van der Waals surface area (Å²) >= 11 is 0. The van der Waals surface area contributed by atoms with Gasteiger partial charge in [-0.25, -0.2) is 15.5 Å². The number of hydroxylamine groups is 1. The lowest BCUT2D eigenvalue weighted by atomic mass is 10.1. The predicted molar refractivity (Wildman–Crippen MR) is 121 cm³/mol. The Bertz CT molecular complexity index is 977. The zero-order valence-electron chi connectivity index (χ0n) is 18.7. The Morgan fingerprint density at radius 2 is 1.71 bits per heavy atom. The highest BCUT2D eigenvalue weighted by Crippen LogP contribution is 2.29. The second-order valence-electron chi connectivity index (χ2n) is 7.70. The zero-order chi connectivity index (χ0) is 22.5. The van der Waals surface area contributed by atoms with Crippen molar-refractivity contribution in [2.75, 3.05) is 38.2 Å². The number of rotatable bonds is 4. The van der Waals surface area contributed by atoms with E-state index < -0.39 is 0 Å². The molecule has 0 amide bonds. The van der Waals surface area contributed by atoms with Crippen LogP contribution < -0.4 is 15.1 Å². The molecule has 0 saturated carbocycles. The average molecular weight is 427 g/mol. The van der Waals surface area contributed by atoms with Crippen molar-refractivity contribution in [2.45, 2.75) is 27.7 Å². The molecule has 1 saturated heterocycles. The third-order valence-corrected chi connectivity index (χ3v) is 5.37. The Balaban J connectivity index is 1.83. The Morgan fingerprint density at radius 3 is 2.26 bits per heavy atom. The van der Waals surface area contributed by atoms with E-state index in [9.17, 15) is 5.21 Å². The van der Waals surface area contributed by atoms with E-state index in [1.54, 1.807) is 19.9 Å². The van der Waals surface area contributed by atoms with E-state index >= 15 is 0 Å². The second kappa shape index (κ2) is 9.65. The van der Waals surface area contributed by atoms with Crippen LogP contribution in [0.5, 0.6) is 5.88 Å². The molecule has 3 N–H and O–H groups in total. The second-order valence-corrected chi connectivity index (χ2v) is 7.70. The lowest BCUT2D eigenvalue weighted by Crippen LogP contribution is -2.52. The van der Waals surface area contributed by atoms with Gasteiger partial charge in [-0.3, -0.25) is 5.21 Å². The Labute approximate surface area is 182 Å². The molecule has 0 unspecified atom stereocenters. The van der Waals surface area contributed by atoms with E-state index in [4.69, 9.17) is 9.94 Å². The summed E-state index contributed by atoms with van der Waals surface area (Å²) in [4.78, 5) is 13.3. The SMILES string of the molecule is COc1nc(C)c(C(C)=NO)cc1N=C(NO)N1CCN(c2cc(C)cc(C)c2)CC1. The number of anilines is 1. The quantitative estimate of drug-likeness (QED) is 0.299. The molecule has 9 nitrogen and oxygen atoms in total. The minimum Gasteiger partial charge on any atom is -0.479 e. The van der Waals surface area contributed by atoms with Crippen molar-refractivity contribution in [3.8, 4) is 5.88 Å². The van der Waals surface area contributed by atoms with E-state index in [1.165, 1.54) is 23.9 Å². The van der Waals surface area contributed by atoms with Crippen LogP contribution in [-0.2, 0) is 0 Å². The number of nitrogens with one attached hydrogen (secondary N) is 1. The number of hydrogen-bond acceptors (Lipinski definition) is 7. The molecule has 3 rings (SSSR count). The Kier molecular flexibility index (Phi) is 6.96. The lowest BCUT2D eigenvalue weighted by Gasteiger charge is -2.37. The van der Waals surface area contributed by atoms with Gasteiger partial charge in [0.2, 0.25) is 11.8 Å². The maximum atomic E-state index is 9.78. The van der Waals surface area contributed by atoms with E-state index in [0.717, 1.165) is 13.1 Å². The number of hydrogen-bond donors (Lipinski definition) is 3. The summed E-state index contributed by atoms with van der Waals surface area (Å²) in [7, 11) is 1.52. The number of piperazine rings is 1. The summed E-state index contributed by atoms with van der Waals surface area (Å²) in [5.74, 6) is 0.641. The molecule has 2 aromatic rings. The van der Waals surface area contributed by atoms with Crippen LogP contribution in [0.25, 0.3) is 0 Å². The maximum Gasteiger partial charge on any atom is 0.240 e. The third-order valence-electron chi connectivity index (χ3n) is 5.37. The number of ether oxygens (including phenoxy) is 1. The molecule has 9 heteroatoms. The molecule has 1 aromatic heterocycles. The van der Waals surface area contributed by atoms with Crippen molar-refractivity contribution in [1.82, 2.24) is 15.4 Å². The molecule has 1 aromatic carbocycles. The molecule has 1 fully saturated rings. The fourth-order valence-corrected chi connectivity index (χ4v) is 3.81. The van der Waals surface area contributed by atoms with Gasteiger partial charge in [0.1, 0.15) is 5.69 Å². The fourth-order valence-electron chi connectivity index (χ4n) is 3.81. The molecule has 0 spiro atoms. The van der Waals surface area contributed by atoms with Gasteiger partial charge in [0.05, 0.1) is 18.5 Å². The minimum absolute atomic E-state index is 0.313. The lowest BCUT2D eigenvalue weighted by molar-refractivity contribution is 0.207. The summed E-state index contributed by atoms with van der Waals surface area (Å²) in [6.45, 7) is 10.7. The molecule has 1 aliphatic heterocycles. The Morgan fingerprint density at radius 1 is 1.06 bits per heavy atom. The highest BCUT2D eigenvalue weighted by atomic mass is 16.5. The first-order valence-corrected chi connectivity index (χ1v) is 10.2. The number of nitrogens with zero attached hydrogens (tertiary/aromatic N) is 5. The molecule has 1 aliphatic rings. The molecule has 0 atom stereocenters. The average Bonchev–Trinajstić information content (AvgIpc) is 2.77. The van der Waals surface area contributed by atoms with Gasteiger partial charge >= 0.3 is 0 Å². The topological polar surface area (TPSA) is 106 Å². The van der Waals surface area contributed by atoms with Gasteiger partial charge in [-0.1, -0.05) is 11.2 Å². The monoisotopic (exact) mass is 426 g/mol. The normalized spacial score (nSPS) is 15.3. The van der Waals surface area contributed by atoms with Crippen LogP contribution in [0.3, 0.4) is 0 Å². The number of aryl methyl sites for hydroxylation is 3. The first-order valence-electron chi connectivity index (χ1n) is 10.2. The van der Waals surface area contributed by atoms with Crippen molar-refractivity contribution < 1.29 is 15.2 Å². The summed E-state index contributed by atoms with van der Waals surface area (Å²) in [5, 5.41) is 22.2. The number of aromatic nitrogens is 1. The highest BCUT2D eigenvalue weighted by molar-refractivity contribution is 6.00. The van der Waals surface area contributed by atoms with Gasteiger partial charge in [0.15, 0.2) is 0 Å². The largest absolute Gasteiger partial charge is 0.479 e. The first-order chi connectivity index (χ1) is 14.9. The summed E-state index contributed by atoms with van der Waals surface area (Å²) < 4.78 is 5.37. The number of guanidine groups is 1. The van der Waals surface area contributed by atoms with Crippen LogP contribution >= 0.6 is 0 Å². The molecule has 0 bridgehead atoms. The van der Waals surface area contributed by atoms with Gasteiger partial charge in [-0.2, -0.15) is 0 Å². The van der Waals surface area contributed by atoms with Crippen molar-refractivity contribution in [2.24, 2.45) is 10.1 Å². The van der Waals surface area contributed by atoms with Gasteiger partial charge in [-0.15, -0.1) is 0 Å². The zero-order valence-corrected chi connectivity index (χ0v) is 18.7. The van der Waals surface area contributed by atoms with Crippen LogP contribution in [0.2, 0.25) is 0 Å². The van der Waals surface area contributed by atoms with Gasteiger partial charge in [0.25, 0.3) is 0 Å². The van der Waals surface area contributed by atoms with Crippen LogP contribution in [0, 0.1) is 20.8 Å². The smallest absolute Gasteiger partial charge is 0.240 e. The number of oxime groups is 1. The van der Waals surface area contributed by atoms with E-state index in [2.05, 4.69) is 57.6 Å². The van der Waals surface area contributed by atoms with Gasteiger partial charge in [-0.05, 0) is 57.0 Å². The molecule has 31 heavy (non-hydrogen) atoms. The number of methoxy groups -OCH3 is 1. The van der Waals surface area contributed by atoms with Crippen molar-refractivity contribution in [3.05, 3.63) is 46.6 Å². The number of benzene rings is 1. The maximum absolute atomic E-state index is 9.78. The molecule has 0 radical (unpaired) electrons. The minimum atomic E-state index is 0.313. The van der Waals surface area contributed by atoms with E-state index in [0.29, 0.717) is 47.6 Å². The van der Waals surface area contributed by atoms with Crippen LogP contribution in [0.1, 0.15) is 29.3 Å². The van der Waals surface area contributed by atoms with E-state index in [-0.39, 0.29) is 0 Å². The van der Waals surface area contributed by atoms with Gasteiger partial charge in [0, 0.05) is 37.4 Å². The predicted octanol–water partition coefficient (Wildman–Crippen LogP) is 3.00.